The summed E-state index contributed by atoms with van der Waals surface area (Å²) >= 11 is 0. The fourth-order valence-corrected chi connectivity index (χ4v) is 4.31. The van der Waals surface area contributed by atoms with Crippen molar-refractivity contribution in [3.05, 3.63) is 42.0 Å². The van der Waals surface area contributed by atoms with E-state index < -0.39 is 27.6 Å². The van der Waals surface area contributed by atoms with Gasteiger partial charge in [-0.1, -0.05) is 6.92 Å². The molecule has 0 aromatic carbocycles. The number of alkyl halides is 3. The predicted molar refractivity (Wildman–Crippen MR) is 108 cm³/mol. The first-order chi connectivity index (χ1) is 15.6. The highest BCUT2D eigenvalue weighted by atomic mass is 32.2. The molecule has 0 unspecified atom stereocenters. The summed E-state index contributed by atoms with van der Waals surface area (Å²) in [6, 6.07) is 3.55. The number of halogens is 3. The number of sulfone groups is 1. The third-order valence-corrected chi connectivity index (χ3v) is 6.81. The van der Waals surface area contributed by atoms with Crippen molar-refractivity contribution in [3.63, 3.8) is 0 Å². The molecule has 0 saturated heterocycles. The highest BCUT2D eigenvalue weighted by Crippen LogP contribution is 2.32. The molecule has 4 heterocycles. The van der Waals surface area contributed by atoms with Crippen LogP contribution >= 0.6 is 0 Å². The summed E-state index contributed by atoms with van der Waals surface area (Å²) in [5.74, 6) is -0.728. The van der Waals surface area contributed by atoms with Crippen LogP contribution in [0.3, 0.4) is 0 Å². The summed E-state index contributed by atoms with van der Waals surface area (Å²) in [6.07, 6.45) is -0.378. The van der Waals surface area contributed by atoms with Crippen molar-refractivity contribution in [3.8, 4) is 11.3 Å². The molecule has 4 aromatic rings. The number of fused-ring (bicyclic) bond motifs is 2. The van der Waals surface area contributed by atoms with Crippen LogP contribution in [0.5, 0.6) is 0 Å². The highest BCUT2D eigenvalue weighted by molar-refractivity contribution is 7.91. The summed E-state index contributed by atoms with van der Waals surface area (Å²) in [5, 5.41) is 10.1. The molecule has 1 aliphatic carbocycles. The first-order valence-electron chi connectivity index (χ1n) is 9.94. The quantitative estimate of drug-likeness (QED) is 0.465. The fourth-order valence-electron chi connectivity index (χ4n) is 3.32. The average molecular weight is 479 g/mol. The molecule has 1 saturated carbocycles. The lowest BCUT2D eigenvalue weighted by molar-refractivity contribution is -0.141. The molecular weight excluding hydrogens is 463 g/mol. The van der Waals surface area contributed by atoms with Gasteiger partial charge < -0.3 is 5.32 Å². The van der Waals surface area contributed by atoms with Gasteiger partial charge in [0.25, 0.3) is 5.91 Å². The fraction of sp³-hybridized carbons (Fsp3) is 0.316. The summed E-state index contributed by atoms with van der Waals surface area (Å²) in [5.41, 5.74) is -1.12. The Morgan fingerprint density at radius 3 is 2.67 bits per heavy atom. The number of nitrogens with zero attached hydrogens (tertiary/aromatic N) is 6. The molecule has 1 fully saturated rings. The second-order valence-electron chi connectivity index (χ2n) is 7.54. The normalized spacial score (nSPS) is 14.8. The summed E-state index contributed by atoms with van der Waals surface area (Å²) in [7, 11) is -3.91. The van der Waals surface area contributed by atoms with Crippen molar-refractivity contribution >= 4 is 27.0 Å². The van der Waals surface area contributed by atoms with Crippen LogP contribution in [-0.2, 0) is 16.0 Å². The van der Waals surface area contributed by atoms with Gasteiger partial charge in [-0.15, -0.1) is 0 Å². The van der Waals surface area contributed by atoms with Crippen LogP contribution in [0, 0.1) is 0 Å². The Kier molecular flexibility index (Phi) is 4.67. The molecular formula is C19H16F3N7O3S. The van der Waals surface area contributed by atoms with Gasteiger partial charge in [0.05, 0.1) is 17.0 Å². The van der Waals surface area contributed by atoms with Gasteiger partial charge in [-0.25, -0.2) is 27.4 Å². The molecule has 4 aromatic heterocycles. The third-order valence-electron chi connectivity index (χ3n) is 5.18. The number of carbonyl (C=O) groups is 1. The Bertz CT molecular complexity index is 1520. The average Bonchev–Trinajstić information content (AvgIpc) is 3.32. The zero-order chi connectivity index (χ0) is 23.5. The van der Waals surface area contributed by atoms with E-state index in [2.05, 4.69) is 25.5 Å². The lowest BCUT2D eigenvalue weighted by Crippen LogP contribution is -2.27. The molecule has 0 atom stereocenters. The zero-order valence-electron chi connectivity index (χ0n) is 17.0. The van der Waals surface area contributed by atoms with E-state index in [0.29, 0.717) is 0 Å². The first kappa shape index (κ1) is 21.3. The van der Waals surface area contributed by atoms with Crippen molar-refractivity contribution in [2.24, 2.45) is 0 Å². The number of hydrogen-bond donors (Lipinski definition) is 1. The van der Waals surface area contributed by atoms with Gasteiger partial charge in [-0.3, -0.25) is 4.79 Å². The van der Waals surface area contributed by atoms with E-state index in [-0.39, 0.29) is 45.1 Å². The molecule has 1 N–H and O–H groups in total. The second-order valence-corrected chi connectivity index (χ2v) is 9.73. The third kappa shape index (κ3) is 3.69. The van der Waals surface area contributed by atoms with Crippen molar-refractivity contribution in [2.45, 2.75) is 37.0 Å². The maximum atomic E-state index is 13.0. The molecule has 5 rings (SSSR count). The van der Waals surface area contributed by atoms with E-state index in [0.717, 1.165) is 27.9 Å². The number of amides is 1. The largest absolute Gasteiger partial charge is 0.435 e. The minimum Gasteiger partial charge on any atom is -0.348 e. The van der Waals surface area contributed by atoms with E-state index in [1.165, 1.54) is 31.5 Å². The number of rotatable bonds is 5. The topological polar surface area (TPSA) is 124 Å². The van der Waals surface area contributed by atoms with Gasteiger partial charge in [0.2, 0.25) is 0 Å². The Labute approximate surface area is 184 Å². The van der Waals surface area contributed by atoms with Crippen molar-refractivity contribution < 1.29 is 26.4 Å². The van der Waals surface area contributed by atoms with E-state index in [9.17, 15) is 26.4 Å². The Morgan fingerprint density at radius 2 is 2.00 bits per heavy atom. The van der Waals surface area contributed by atoms with Crippen molar-refractivity contribution in [1.82, 2.24) is 34.5 Å². The smallest absolute Gasteiger partial charge is 0.348 e. The van der Waals surface area contributed by atoms with E-state index in [1.54, 1.807) is 0 Å². The summed E-state index contributed by atoms with van der Waals surface area (Å²) in [6.45, 7) is 1.43. The lowest BCUT2D eigenvalue weighted by atomic mass is 10.2. The van der Waals surface area contributed by atoms with Crippen LogP contribution in [-0.4, -0.2) is 55.3 Å². The molecule has 0 bridgehead atoms. The second kappa shape index (κ2) is 7.23. The van der Waals surface area contributed by atoms with Gasteiger partial charge in [0, 0.05) is 24.5 Å². The Morgan fingerprint density at radius 1 is 1.24 bits per heavy atom. The van der Waals surface area contributed by atoms with Gasteiger partial charge in [-0.2, -0.15) is 23.4 Å². The van der Waals surface area contributed by atoms with Gasteiger partial charge in [-0.05, 0) is 25.0 Å². The highest BCUT2D eigenvalue weighted by Gasteiger charge is 2.35. The molecule has 1 aliphatic rings. The van der Waals surface area contributed by atoms with Crippen LogP contribution < -0.4 is 5.32 Å². The standard InChI is InChI=1S/C19H16F3N7O3S/c1-2-33(31,32)18-15(11-6-8-28-14(25-11)9-13(26-28)19(20,21)22)16-23-7-5-12(29(16)27-18)17(30)24-10-3-4-10/h5-10H,2-4H2,1H3,(H,24,30). The SMILES string of the molecule is CCS(=O)(=O)c1nn2c(C(=O)NC3CC3)ccnc2c1-c1ccn2nc(C(F)(F)F)cc2n1. The summed E-state index contributed by atoms with van der Waals surface area (Å²) in [4.78, 5) is 21.1. The van der Waals surface area contributed by atoms with E-state index >= 15 is 0 Å². The van der Waals surface area contributed by atoms with Crippen molar-refractivity contribution in [1.29, 1.82) is 0 Å². The van der Waals surface area contributed by atoms with Crippen LogP contribution in [0.25, 0.3) is 22.6 Å². The molecule has 14 heteroatoms. The van der Waals surface area contributed by atoms with Crippen molar-refractivity contribution in [2.75, 3.05) is 5.75 Å². The van der Waals surface area contributed by atoms with Crippen LogP contribution in [0.1, 0.15) is 35.9 Å². The molecule has 1 amide bonds. The van der Waals surface area contributed by atoms with Gasteiger partial charge >= 0.3 is 6.18 Å². The van der Waals surface area contributed by atoms with E-state index in [4.69, 9.17) is 0 Å². The molecule has 172 valence electrons. The molecule has 0 spiro atoms. The van der Waals surface area contributed by atoms with Gasteiger partial charge in [0.1, 0.15) is 5.69 Å². The minimum atomic E-state index is -4.67. The Balaban J connectivity index is 1.74. The number of aromatic nitrogens is 6. The lowest BCUT2D eigenvalue weighted by Gasteiger charge is -2.05. The van der Waals surface area contributed by atoms with Crippen LogP contribution in [0.15, 0.2) is 35.6 Å². The minimum absolute atomic E-state index is 0.00446. The summed E-state index contributed by atoms with van der Waals surface area (Å²) < 4.78 is 66.9. The molecule has 0 radical (unpaired) electrons. The van der Waals surface area contributed by atoms with Crippen LogP contribution in [0.4, 0.5) is 13.2 Å². The first-order valence-corrected chi connectivity index (χ1v) is 11.6. The van der Waals surface area contributed by atoms with E-state index in [1.807, 2.05) is 0 Å². The van der Waals surface area contributed by atoms with Crippen LogP contribution in [0.2, 0.25) is 0 Å². The molecule has 33 heavy (non-hydrogen) atoms. The monoisotopic (exact) mass is 479 g/mol. The number of hydrogen-bond acceptors (Lipinski definition) is 7. The number of nitrogens with one attached hydrogen (secondary N) is 1. The van der Waals surface area contributed by atoms with Gasteiger partial charge in [0.15, 0.2) is 31.9 Å². The maximum absolute atomic E-state index is 13.0. The maximum Gasteiger partial charge on any atom is 0.435 e. The zero-order valence-corrected chi connectivity index (χ0v) is 17.9. The molecule has 0 aliphatic heterocycles. The molecule has 10 nitrogen and oxygen atoms in total. The predicted octanol–water partition coefficient (Wildman–Crippen LogP) is 2.14. The number of carbonyl (C=O) groups excluding carboxylic acids is 1. The Hall–Kier alpha value is -3.55.